The number of carbonyl (C=O) groups is 2. The van der Waals surface area contributed by atoms with Crippen molar-refractivity contribution in [2.75, 3.05) is 24.5 Å². The molecule has 2 heterocycles. The summed E-state index contributed by atoms with van der Waals surface area (Å²) >= 11 is 3.39. The standard InChI is InChI=1S/C16H19BrN2O2/c17-13-4-6-14(7-5-13)19-11-12(10-15(19)20)16(21)18-8-2-1-3-9-18/h4-7,12H,1-3,8-11H2/t12-/m1/s1. The third-order valence-corrected chi connectivity index (χ3v) is 4.81. The van der Waals surface area contributed by atoms with Crippen LogP contribution in [0.2, 0.25) is 0 Å². The van der Waals surface area contributed by atoms with Crippen molar-refractivity contribution < 1.29 is 9.59 Å². The highest BCUT2D eigenvalue weighted by atomic mass is 79.9. The number of carbonyl (C=O) groups excluding carboxylic acids is 2. The van der Waals surface area contributed by atoms with Crippen LogP contribution in [0.25, 0.3) is 0 Å². The molecule has 1 aromatic rings. The summed E-state index contributed by atoms with van der Waals surface area (Å²) in [5.41, 5.74) is 0.872. The van der Waals surface area contributed by atoms with Crippen LogP contribution in [0.5, 0.6) is 0 Å². The summed E-state index contributed by atoms with van der Waals surface area (Å²) in [5, 5.41) is 0. The van der Waals surface area contributed by atoms with E-state index in [4.69, 9.17) is 0 Å². The molecule has 2 saturated heterocycles. The van der Waals surface area contributed by atoms with Crippen LogP contribution in [0.15, 0.2) is 28.7 Å². The molecule has 0 radical (unpaired) electrons. The molecule has 2 aliphatic rings. The molecule has 0 unspecified atom stereocenters. The topological polar surface area (TPSA) is 40.6 Å². The van der Waals surface area contributed by atoms with Crippen LogP contribution < -0.4 is 4.90 Å². The summed E-state index contributed by atoms with van der Waals surface area (Å²) in [6.07, 6.45) is 3.72. The van der Waals surface area contributed by atoms with Crippen molar-refractivity contribution in [1.29, 1.82) is 0 Å². The maximum atomic E-state index is 12.5. The molecule has 0 bridgehead atoms. The molecule has 4 nitrogen and oxygen atoms in total. The smallest absolute Gasteiger partial charge is 0.228 e. The molecule has 2 amide bonds. The number of benzene rings is 1. The van der Waals surface area contributed by atoms with Crippen LogP contribution in [-0.2, 0) is 9.59 Å². The SMILES string of the molecule is O=C([C@@H]1CC(=O)N(c2ccc(Br)cc2)C1)N1CCCCC1. The first-order valence-electron chi connectivity index (χ1n) is 7.50. The molecule has 112 valence electrons. The van der Waals surface area contributed by atoms with Gasteiger partial charge in [-0.1, -0.05) is 15.9 Å². The number of hydrogen-bond acceptors (Lipinski definition) is 2. The Morgan fingerprint density at radius 1 is 1.10 bits per heavy atom. The zero-order valence-electron chi connectivity index (χ0n) is 11.9. The van der Waals surface area contributed by atoms with Gasteiger partial charge in [-0.2, -0.15) is 0 Å². The van der Waals surface area contributed by atoms with E-state index in [-0.39, 0.29) is 17.7 Å². The minimum Gasteiger partial charge on any atom is -0.342 e. The van der Waals surface area contributed by atoms with Gasteiger partial charge in [0.15, 0.2) is 0 Å². The first-order chi connectivity index (χ1) is 10.1. The minimum absolute atomic E-state index is 0.0488. The lowest BCUT2D eigenvalue weighted by atomic mass is 10.0. The van der Waals surface area contributed by atoms with Crippen molar-refractivity contribution in [2.24, 2.45) is 5.92 Å². The predicted molar refractivity (Wildman–Crippen MR) is 85.0 cm³/mol. The van der Waals surface area contributed by atoms with E-state index in [1.165, 1.54) is 6.42 Å². The van der Waals surface area contributed by atoms with Crippen molar-refractivity contribution in [2.45, 2.75) is 25.7 Å². The van der Waals surface area contributed by atoms with E-state index in [0.29, 0.717) is 13.0 Å². The molecule has 0 spiro atoms. The summed E-state index contributed by atoms with van der Waals surface area (Å²) in [4.78, 5) is 28.4. The van der Waals surface area contributed by atoms with Gasteiger partial charge in [-0.25, -0.2) is 0 Å². The van der Waals surface area contributed by atoms with Gasteiger partial charge >= 0.3 is 0 Å². The Labute approximate surface area is 133 Å². The van der Waals surface area contributed by atoms with E-state index < -0.39 is 0 Å². The summed E-state index contributed by atoms with van der Waals surface area (Å²) in [6, 6.07) is 7.66. The van der Waals surface area contributed by atoms with E-state index >= 15 is 0 Å². The molecule has 0 aromatic heterocycles. The zero-order chi connectivity index (χ0) is 14.8. The van der Waals surface area contributed by atoms with E-state index in [1.807, 2.05) is 29.2 Å². The van der Waals surface area contributed by atoms with Gasteiger partial charge in [0.2, 0.25) is 11.8 Å². The van der Waals surface area contributed by atoms with Gasteiger partial charge in [-0.05, 0) is 43.5 Å². The Balaban J connectivity index is 1.69. The third kappa shape index (κ3) is 3.12. The predicted octanol–water partition coefficient (Wildman–Crippen LogP) is 2.81. The maximum Gasteiger partial charge on any atom is 0.228 e. The molecule has 0 N–H and O–H groups in total. The van der Waals surface area contributed by atoms with Crippen molar-refractivity contribution in [1.82, 2.24) is 4.90 Å². The van der Waals surface area contributed by atoms with Crippen molar-refractivity contribution >= 4 is 33.4 Å². The summed E-state index contributed by atoms with van der Waals surface area (Å²) in [7, 11) is 0. The van der Waals surface area contributed by atoms with Gasteiger partial charge in [0.05, 0.1) is 5.92 Å². The molecule has 2 aliphatic heterocycles. The monoisotopic (exact) mass is 350 g/mol. The van der Waals surface area contributed by atoms with Gasteiger partial charge < -0.3 is 9.80 Å². The quantitative estimate of drug-likeness (QED) is 0.822. The highest BCUT2D eigenvalue weighted by Crippen LogP contribution is 2.28. The molecule has 1 aromatic carbocycles. The van der Waals surface area contributed by atoms with Crippen LogP contribution in [-0.4, -0.2) is 36.3 Å². The number of nitrogens with zero attached hydrogens (tertiary/aromatic N) is 2. The van der Waals surface area contributed by atoms with Crippen LogP contribution in [0, 0.1) is 5.92 Å². The average molecular weight is 351 g/mol. The van der Waals surface area contributed by atoms with Gasteiger partial charge in [0.1, 0.15) is 0 Å². The summed E-state index contributed by atoms with van der Waals surface area (Å²) in [6.45, 7) is 2.21. The maximum absolute atomic E-state index is 12.5. The molecule has 3 rings (SSSR count). The van der Waals surface area contributed by atoms with Gasteiger partial charge in [-0.3, -0.25) is 9.59 Å². The second kappa shape index (κ2) is 6.18. The summed E-state index contributed by atoms with van der Waals surface area (Å²) in [5.74, 6) is 0.0228. The number of halogens is 1. The molecule has 5 heteroatoms. The highest BCUT2D eigenvalue weighted by molar-refractivity contribution is 9.10. The number of likely N-dealkylation sites (tertiary alicyclic amines) is 1. The number of hydrogen-bond donors (Lipinski definition) is 0. The lowest BCUT2D eigenvalue weighted by molar-refractivity contribution is -0.136. The molecule has 0 aliphatic carbocycles. The number of anilines is 1. The second-order valence-electron chi connectivity index (χ2n) is 5.77. The second-order valence-corrected chi connectivity index (χ2v) is 6.68. The summed E-state index contributed by atoms with van der Waals surface area (Å²) < 4.78 is 0.985. The number of amides is 2. The van der Waals surface area contributed by atoms with Crippen molar-refractivity contribution in [3.05, 3.63) is 28.7 Å². The Kier molecular flexibility index (Phi) is 4.29. The highest BCUT2D eigenvalue weighted by Gasteiger charge is 2.37. The van der Waals surface area contributed by atoms with E-state index in [2.05, 4.69) is 15.9 Å². The molecule has 2 fully saturated rings. The average Bonchev–Trinajstić information content (AvgIpc) is 2.90. The lowest BCUT2D eigenvalue weighted by Gasteiger charge is -2.29. The third-order valence-electron chi connectivity index (χ3n) is 4.28. The largest absolute Gasteiger partial charge is 0.342 e. The van der Waals surface area contributed by atoms with Crippen LogP contribution in [0.3, 0.4) is 0 Å². The van der Waals surface area contributed by atoms with E-state index in [1.54, 1.807) is 4.90 Å². The van der Waals surface area contributed by atoms with Gasteiger partial charge in [0.25, 0.3) is 0 Å². The molecule has 0 saturated carbocycles. The number of rotatable bonds is 2. The van der Waals surface area contributed by atoms with Crippen LogP contribution in [0.1, 0.15) is 25.7 Å². The fourth-order valence-corrected chi connectivity index (χ4v) is 3.38. The Hall–Kier alpha value is -1.36. The van der Waals surface area contributed by atoms with Crippen molar-refractivity contribution in [3.63, 3.8) is 0 Å². The zero-order valence-corrected chi connectivity index (χ0v) is 13.5. The van der Waals surface area contributed by atoms with Crippen molar-refractivity contribution in [3.8, 4) is 0 Å². The molecule has 21 heavy (non-hydrogen) atoms. The first-order valence-corrected chi connectivity index (χ1v) is 8.29. The minimum atomic E-state index is -0.181. The Morgan fingerprint density at radius 3 is 2.43 bits per heavy atom. The van der Waals surface area contributed by atoms with Gasteiger partial charge in [0, 0.05) is 36.2 Å². The molecular weight excluding hydrogens is 332 g/mol. The molecular formula is C16H19BrN2O2. The van der Waals surface area contributed by atoms with E-state index in [9.17, 15) is 9.59 Å². The Bertz CT molecular complexity index is 538. The number of piperidine rings is 1. The Morgan fingerprint density at radius 2 is 1.76 bits per heavy atom. The van der Waals surface area contributed by atoms with Gasteiger partial charge in [-0.15, -0.1) is 0 Å². The van der Waals surface area contributed by atoms with E-state index in [0.717, 1.165) is 36.1 Å². The normalized spacial score (nSPS) is 22.7. The fraction of sp³-hybridized carbons (Fsp3) is 0.500. The fourth-order valence-electron chi connectivity index (χ4n) is 3.12. The molecule has 1 atom stereocenters. The lowest BCUT2D eigenvalue weighted by Crippen LogP contribution is -2.40. The first kappa shape index (κ1) is 14.6. The van der Waals surface area contributed by atoms with Crippen LogP contribution in [0.4, 0.5) is 5.69 Å². The van der Waals surface area contributed by atoms with Crippen LogP contribution >= 0.6 is 15.9 Å².